The lowest BCUT2D eigenvalue weighted by molar-refractivity contribution is -0.128. The Kier molecular flexibility index (Phi) is 3.65. The Morgan fingerprint density at radius 1 is 1.33 bits per heavy atom. The number of nitrogens with zero attached hydrogens (tertiary/aromatic N) is 1. The van der Waals surface area contributed by atoms with Crippen LogP contribution < -0.4 is 4.74 Å². The number of carbonyl (C=O) groups is 2. The van der Waals surface area contributed by atoms with Crippen molar-refractivity contribution in [3.05, 3.63) is 29.8 Å². The Balaban J connectivity index is 2.28. The van der Waals surface area contributed by atoms with Crippen molar-refractivity contribution in [2.24, 2.45) is 0 Å². The van der Waals surface area contributed by atoms with Crippen LogP contribution in [0.3, 0.4) is 0 Å². The van der Waals surface area contributed by atoms with E-state index in [1.165, 1.54) is 6.92 Å². The molecule has 18 heavy (non-hydrogen) atoms. The fourth-order valence-corrected chi connectivity index (χ4v) is 2.44. The summed E-state index contributed by atoms with van der Waals surface area (Å²) in [6.45, 7) is 2.18. The highest BCUT2D eigenvalue weighted by Crippen LogP contribution is 2.25. The van der Waals surface area contributed by atoms with Gasteiger partial charge in [-0.05, 0) is 25.0 Å². The SMILES string of the molecule is COc1ccccc1C(=O)C1CCCN1C(C)=O. The van der Waals surface area contributed by atoms with Gasteiger partial charge in [0.05, 0.1) is 18.7 Å². The van der Waals surface area contributed by atoms with Gasteiger partial charge in [-0.3, -0.25) is 9.59 Å². The van der Waals surface area contributed by atoms with Gasteiger partial charge in [0.15, 0.2) is 5.78 Å². The molecule has 0 aromatic heterocycles. The van der Waals surface area contributed by atoms with Crippen LogP contribution in [0.1, 0.15) is 30.1 Å². The predicted octanol–water partition coefficient (Wildman–Crippen LogP) is 1.89. The molecule has 1 aliphatic heterocycles. The molecule has 4 nitrogen and oxygen atoms in total. The second kappa shape index (κ2) is 5.21. The summed E-state index contributed by atoms with van der Waals surface area (Å²) in [4.78, 5) is 25.6. The van der Waals surface area contributed by atoms with E-state index < -0.39 is 0 Å². The van der Waals surface area contributed by atoms with Gasteiger partial charge in [-0.2, -0.15) is 0 Å². The number of carbonyl (C=O) groups excluding carboxylic acids is 2. The maximum absolute atomic E-state index is 12.5. The minimum absolute atomic E-state index is 0.0276. The molecule has 1 aromatic rings. The number of likely N-dealkylation sites (tertiary alicyclic amines) is 1. The summed E-state index contributed by atoms with van der Waals surface area (Å²) in [5.41, 5.74) is 0.554. The Morgan fingerprint density at radius 3 is 2.72 bits per heavy atom. The van der Waals surface area contributed by atoms with E-state index in [1.54, 1.807) is 24.1 Å². The number of ketones is 1. The number of hydrogen-bond acceptors (Lipinski definition) is 3. The number of amides is 1. The van der Waals surface area contributed by atoms with Crippen molar-refractivity contribution in [2.75, 3.05) is 13.7 Å². The molecule has 0 radical (unpaired) electrons. The molecule has 1 heterocycles. The maximum atomic E-state index is 12.5. The lowest BCUT2D eigenvalue weighted by Gasteiger charge is -2.22. The Bertz CT molecular complexity index is 470. The quantitative estimate of drug-likeness (QED) is 0.766. The molecule has 0 N–H and O–H groups in total. The predicted molar refractivity (Wildman–Crippen MR) is 67.7 cm³/mol. The van der Waals surface area contributed by atoms with Crippen LogP contribution in [0.5, 0.6) is 5.75 Å². The first-order valence-corrected chi connectivity index (χ1v) is 6.09. The number of ether oxygens (including phenoxy) is 1. The highest BCUT2D eigenvalue weighted by Gasteiger charge is 2.33. The van der Waals surface area contributed by atoms with Gasteiger partial charge in [-0.15, -0.1) is 0 Å². The molecule has 96 valence electrons. The van der Waals surface area contributed by atoms with E-state index >= 15 is 0 Å². The summed E-state index contributed by atoms with van der Waals surface area (Å²) in [6.07, 6.45) is 1.61. The van der Waals surface area contributed by atoms with E-state index in [0.717, 1.165) is 12.8 Å². The van der Waals surface area contributed by atoms with Crippen LogP contribution in [0.25, 0.3) is 0 Å². The molecule has 1 atom stereocenters. The van der Waals surface area contributed by atoms with Gasteiger partial charge in [0.25, 0.3) is 0 Å². The summed E-state index contributed by atoms with van der Waals surface area (Å²) >= 11 is 0. The summed E-state index contributed by atoms with van der Waals surface area (Å²) < 4.78 is 5.20. The normalized spacial score (nSPS) is 18.8. The summed E-state index contributed by atoms with van der Waals surface area (Å²) in [5, 5.41) is 0. The summed E-state index contributed by atoms with van der Waals surface area (Å²) in [7, 11) is 1.55. The van der Waals surface area contributed by atoms with Crippen LogP contribution in [0.15, 0.2) is 24.3 Å². The first kappa shape index (κ1) is 12.6. The molecule has 1 aromatic carbocycles. The molecular weight excluding hydrogens is 230 g/mol. The minimum Gasteiger partial charge on any atom is -0.496 e. The second-order valence-electron chi connectivity index (χ2n) is 4.43. The van der Waals surface area contributed by atoms with Crippen molar-refractivity contribution < 1.29 is 14.3 Å². The van der Waals surface area contributed by atoms with E-state index in [4.69, 9.17) is 4.74 Å². The highest BCUT2D eigenvalue weighted by molar-refractivity contribution is 6.04. The van der Waals surface area contributed by atoms with Crippen molar-refractivity contribution in [2.45, 2.75) is 25.8 Å². The van der Waals surface area contributed by atoms with Crippen molar-refractivity contribution >= 4 is 11.7 Å². The van der Waals surface area contributed by atoms with E-state index in [-0.39, 0.29) is 17.7 Å². The molecule has 1 fully saturated rings. The van der Waals surface area contributed by atoms with Crippen LogP contribution in [-0.2, 0) is 4.79 Å². The molecule has 1 aliphatic rings. The van der Waals surface area contributed by atoms with Crippen LogP contribution in [-0.4, -0.2) is 36.3 Å². The second-order valence-corrected chi connectivity index (χ2v) is 4.43. The van der Waals surface area contributed by atoms with E-state index in [2.05, 4.69) is 0 Å². The van der Waals surface area contributed by atoms with E-state index in [9.17, 15) is 9.59 Å². The van der Waals surface area contributed by atoms with Gasteiger partial charge in [-0.1, -0.05) is 12.1 Å². The van der Waals surface area contributed by atoms with E-state index in [0.29, 0.717) is 17.9 Å². The lowest BCUT2D eigenvalue weighted by atomic mass is 10.0. The number of methoxy groups -OCH3 is 1. The molecule has 4 heteroatoms. The third-order valence-electron chi connectivity index (χ3n) is 3.33. The van der Waals surface area contributed by atoms with Gasteiger partial charge < -0.3 is 9.64 Å². The zero-order chi connectivity index (χ0) is 13.1. The van der Waals surface area contributed by atoms with Crippen molar-refractivity contribution in [1.29, 1.82) is 0 Å². The maximum Gasteiger partial charge on any atom is 0.220 e. The van der Waals surface area contributed by atoms with Crippen LogP contribution in [0, 0.1) is 0 Å². The Labute approximate surface area is 107 Å². The Morgan fingerprint density at radius 2 is 2.06 bits per heavy atom. The zero-order valence-corrected chi connectivity index (χ0v) is 10.7. The first-order valence-electron chi connectivity index (χ1n) is 6.09. The molecule has 1 saturated heterocycles. The standard InChI is InChI=1S/C14H17NO3/c1-10(16)15-9-5-7-12(15)14(17)11-6-3-4-8-13(11)18-2/h3-4,6,8,12H,5,7,9H2,1-2H3. The van der Waals surface area contributed by atoms with Crippen molar-refractivity contribution in [1.82, 2.24) is 4.90 Å². The number of para-hydroxylation sites is 1. The molecular formula is C14H17NO3. The lowest BCUT2D eigenvalue weighted by Crippen LogP contribution is -2.39. The number of hydrogen-bond donors (Lipinski definition) is 0. The highest BCUT2D eigenvalue weighted by atomic mass is 16.5. The topological polar surface area (TPSA) is 46.6 Å². The number of rotatable bonds is 3. The molecule has 1 amide bonds. The third kappa shape index (κ3) is 2.23. The van der Waals surface area contributed by atoms with Gasteiger partial charge >= 0.3 is 0 Å². The largest absolute Gasteiger partial charge is 0.496 e. The van der Waals surface area contributed by atoms with Crippen LogP contribution in [0.2, 0.25) is 0 Å². The fraction of sp³-hybridized carbons (Fsp3) is 0.429. The molecule has 0 aliphatic carbocycles. The molecule has 2 rings (SSSR count). The smallest absolute Gasteiger partial charge is 0.220 e. The van der Waals surface area contributed by atoms with Crippen LogP contribution in [0.4, 0.5) is 0 Å². The monoisotopic (exact) mass is 247 g/mol. The van der Waals surface area contributed by atoms with Crippen LogP contribution >= 0.6 is 0 Å². The summed E-state index contributed by atoms with van der Waals surface area (Å²) in [5.74, 6) is 0.499. The number of Topliss-reactive ketones (excluding diaryl/α,β-unsaturated/α-hetero) is 1. The minimum atomic E-state index is -0.334. The van der Waals surface area contributed by atoms with Gasteiger partial charge in [-0.25, -0.2) is 0 Å². The first-order chi connectivity index (χ1) is 8.65. The van der Waals surface area contributed by atoms with Gasteiger partial charge in [0, 0.05) is 13.5 Å². The molecule has 1 unspecified atom stereocenters. The fourth-order valence-electron chi connectivity index (χ4n) is 2.44. The van der Waals surface area contributed by atoms with Crippen molar-refractivity contribution in [3.8, 4) is 5.75 Å². The number of benzene rings is 1. The molecule has 0 bridgehead atoms. The van der Waals surface area contributed by atoms with Gasteiger partial charge in [0.1, 0.15) is 5.75 Å². The Hall–Kier alpha value is -1.84. The molecule has 0 spiro atoms. The molecule has 0 saturated carbocycles. The third-order valence-corrected chi connectivity index (χ3v) is 3.33. The zero-order valence-electron chi connectivity index (χ0n) is 10.7. The van der Waals surface area contributed by atoms with E-state index in [1.807, 2.05) is 12.1 Å². The average Bonchev–Trinajstić information content (AvgIpc) is 2.87. The summed E-state index contributed by atoms with van der Waals surface area (Å²) in [6, 6.07) is 6.81. The van der Waals surface area contributed by atoms with Crippen molar-refractivity contribution in [3.63, 3.8) is 0 Å². The average molecular weight is 247 g/mol. The van der Waals surface area contributed by atoms with Gasteiger partial charge in [0.2, 0.25) is 5.91 Å².